The van der Waals surface area contributed by atoms with Gasteiger partial charge in [0.25, 0.3) is 0 Å². The first-order valence-electron chi connectivity index (χ1n) is 5.23. The molecule has 3 N–H and O–H groups in total. The fourth-order valence-corrected chi connectivity index (χ4v) is 1.72. The highest BCUT2D eigenvalue weighted by molar-refractivity contribution is 6.30. The van der Waals surface area contributed by atoms with Gasteiger partial charge in [-0.15, -0.1) is 0 Å². The SMILES string of the molecule is CCn1cc(C(O)c2cc(Cl)cnc2N)cn1. The van der Waals surface area contributed by atoms with Crippen molar-refractivity contribution in [2.75, 3.05) is 5.73 Å². The molecule has 0 aromatic carbocycles. The predicted octanol–water partition coefficient (Wildman–Crippen LogP) is 1.62. The number of anilines is 1. The van der Waals surface area contributed by atoms with E-state index in [1.54, 1.807) is 23.1 Å². The molecule has 0 fully saturated rings. The Morgan fingerprint density at radius 3 is 2.94 bits per heavy atom. The van der Waals surface area contributed by atoms with Crippen molar-refractivity contribution < 1.29 is 5.11 Å². The van der Waals surface area contributed by atoms with Gasteiger partial charge in [-0.05, 0) is 13.0 Å². The number of nitrogens with zero attached hydrogens (tertiary/aromatic N) is 3. The van der Waals surface area contributed by atoms with Crippen LogP contribution in [0.4, 0.5) is 5.82 Å². The van der Waals surface area contributed by atoms with E-state index in [9.17, 15) is 5.11 Å². The van der Waals surface area contributed by atoms with Gasteiger partial charge in [0.2, 0.25) is 0 Å². The van der Waals surface area contributed by atoms with E-state index in [2.05, 4.69) is 10.1 Å². The molecule has 0 saturated carbocycles. The van der Waals surface area contributed by atoms with Crippen molar-refractivity contribution in [2.45, 2.75) is 19.6 Å². The van der Waals surface area contributed by atoms with Crippen LogP contribution in [0.2, 0.25) is 5.02 Å². The summed E-state index contributed by atoms with van der Waals surface area (Å²) in [6, 6.07) is 1.61. The van der Waals surface area contributed by atoms with Gasteiger partial charge in [0.15, 0.2) is 0 Å². The number of hydrogen-bond donors (Lipinski definition) is 2. The Kier molecular flexibility index (Phi) is 3.31. The lowest BCUT2D eigenvalue weighted by molar-refractivity contribution is 0.220. The molecule has 0 bridgehead atoms. The maximum Gasteiger partial charge on any atom is 0.129 e. The van der Waals surface area contributed by atoms with Gasteiger partial charge >= 0.3 is 0 Å². The largest absolute Gasteiger partial charge is 0.383 e. The quantitative estimate of drug-likeness (QED) is 0.870. The van der Waals surface area contributed by atoms with Crippen molar-refractivity contribution in [2.24, 2.45) is 0 Å². The molecular formula is C11H13ClN4O. The number of aliphatic hydroxyl groups is 1. The predicted molar refractivity (Wildman–Crippen MR) is 65.6 cm³/mol. The van der Waals surface area contributed by atoms with Gasteiger partial charge in [-0.2, -0.15) is 5.10 Å². The lowest BCUT2D eigenvalue weighted by atomic mass is 10.1. The number of hydrogen-bond acceptors (Lipinski definition) is 4. The van der Waals surface area contributed by atoms with Gasteiger partial charge in [-0.3, -0.25) is 4.68 Å². The highest BCUT2D eigenvalue weighted by Gasteiger charge is 2.16. The lowest BCUT2D eigenvalue weighted by Crippen LogP contribution is -2.05. The monoisotopic (exact) mass is 252 g/mol. The number of nitrogens with two attached hydrogens (primary N) is 1. The van der Waals surface area contributed by atoms with Crippen molar-refractivity contribution in [3.05, 3.63) is 40.8 Å². The summed E-state index contributed by atoms with van der Waals surface area (Å²) >= 11 is 5.83. The fourth-order valence-electron chi connectivity index (χ4n) is 1.56. The first kappa shape index (κ1) is 11.9. The molecule has 2 heterocycles. The first-order valence-corrected chi connectivity index (χ1v) is 5.61. The van der Waals surface area contributed by atoms with E-state index >= 15 is 0 Å². The van der Waals surface area contributed by atoms with Gasteiger partial charge in [0.1, 0.15) is 11.9 Å². The average Bonchev–Trinajstić information content (AvgIpc) is 2.80. The Bertz CT molecular complexity index is 526. The van der Waals surface area contributed by atoms with Crippen LogP contribution in [0.25, 0.3) is 0 Å². The number of aromatic nitrogens is 3. The van der Waals surface area contributed by atoms with Crippen molar-refractivity contribution >= 4 is 17.4 Å². The Balaban J connectivity index is 2.35. The van der Waals surface area contributed by atoms with Gasteiger partial charge in [0.05, 0.1) is 11.2 Å². The zero-order chi connectivity index (χ0) is 12.4. The molecule has 1 unspecified atom stereocenters. The number of rotatable bonds is 3. The van der Waals surface area contributed by atoms with Crippen molar-refractivity contribution in [3.8, 4) is 0 Å². The van der Waals surface area contributed by atoms with Crippen molar-refractivity contribution in [3.63, 3.8) is 0 Å². The molecule has 17 heavy (non-hydrogen) atoms. The smallest absolute Gasteiger partial charge is 0.129 e. The minimum atomic E-state index is -0.860. The summed E-state index contributed by atoms with van der Waals surface area (Å²) in [4.78, 5) is 3.91. The summed E-state index contributed by atoms with van der Waals surface area (Å²) in [5, 5.41) is 14.7. The number of halogens is 1. The van der Waals surface area contributed by atoms with Gasteiger partial charge < -0.3 is 10.8 Å². The molecule has 6 heteroatoms. The number of nitrogen functional groups attached to an aromatic ring is 1. The zero-order valence-electron chi connectivity index (χ0n) is 9.34. The van der Waals surface area contributed by atoms with E-state index in [-0.39, 0.29) is 5.82 Å². The summed E-state index contributed by atoms with van der Waals surface area (Å²) in [7, 11) is 0. The van der Waals surface area contributed by atoms with E-state index < -0.39 is 6.10 Å². The van der Waals surface area contributed by atoms with Gasteiger partial charge in [-0.1, -0.05) is 11.6 Å². The lowest BCUT2D eigenvalue weighted by Gasteiger charge is -2.11. The minimum Gasteiger partial charge on any atom is -0.383 e. The minimum absolute atomic E-state index is 0.270. The second-order valence-electron chi connectivity index (χ2n) is 3.66. The van der Waals surface area contributed by atoms with E-state index in [1.165, 1.54) is 6.20 Å². The van der Waals surface area contributed by atoms with Crippen LogP contribution in [0.5, 0.6) is 0 Å². The Morgan fingerprint density at radius 2 is 2.29 bits per heavy atom. The Labute approximate surface area is 104 Å². The molecule has 0 saturated heterocycles. The highest BCUT2D eigenvalue weighted by Crippen LogP contribution is 2.27. The fraction of sp³-hybridized carbons (Fsp3) is 0.273. The summed E-state index contributed by atoms with van der Waals surface area (Å²) in [6.07, 6.45) is 3.96. The van der Waals surface area contributed by atoms with Crippen LogP contribution in [0, 0.1) is 0 Å². The van der Waals surface area contributed by atoms with E-state index in [0.717, 1.165) is 6.54 Å². The molecule has 90 valence electrons. The molecule has 0 amide bonds. The molecular weight excluding hydrogens is 240 g/mol. The summed E-state index contributed by atoms with van der Waals surface area (Å²) in [5.74, 6) is 0.270. The van der Waals surface area contributed by atoms with Gasteiger partial charge in [0, 0.05) is 30.1 Å². The molecule has 0 aliphatic carbocycles. The molecule has 0 radical (unpaired) electrons. The molecule has 1 atom stereocenters. The Hall–Kier alpha value is -1.59. The first-order chi connectivity index (χ1) is 8.11. The van der Waals surface area contributed by atoms with E-state index in [0.29, 0.717) is 16.1 Å². The molecule has 2 aromatic rings. The standard InChI is InChI=1S/C11H13ClN4O/c1-2-16-6-7(4-15-16)10(17)9-3-8(12)5-14-11(9)13/h3-6,10,17H,2H2,1H3,(H2,13,14). The number of pyridine rings is 1. The second kappa shape index (κ2) is 4.73. The van der Waals surface area contributed by atoms with Crippen LogP contribution in [0.15, 0.2) is 24.7 Å². The third-order valence-electron chi connectivity index (χ3n) is 2.50. The molecule has 0 spiro atoms. The summed E-state index contributed by atoms with van der Waals surface area (Å²) in [5.41, 5.74) is 6.87. The second-order valence-corrected chi connectivity index (χ2v) is 4.10. The van der Waals surface area contributed by atoms with Crippen molar-refractivity contribution in [1.82, 2.24) is 14.8 Å². The molecule has 5 nitrogen and oxygen atoms in total. The molecule has 2 aromatic heterocycles. The third-order valence-corrected chi connectivity index (χ3v) is 2.71. The molecule has 0 aliphatic rings. The zero-order valence-corrected chi connectivity index (χ0v) is 10.1. The van der Waals surface area contributed by atoms with E-state index in [4.69, 9.17) is 17.3 Å². The maximum atomic E-state index is 10.2. The van der Waals surface area contributed by atoms with Crippen LogP contribution in [-0.4, -0.2) is 19.9 Å². The molecule has 0 aliphatic heterocycles. The van der Waals surface area contributed by atoms with Crippen LogP contribution in [0.1, 0.15) is 24.2 Å². The van der Waals surface area contributed by atoms with Crippen molar-refractivity contribution in [1.29, 1.82) is 0 Å². The van der Waals surface area contributed by atoms with Gasteiger partial charge in [-0.25, -0.2) is 4.98 Å². The van der Waals surface area contributed by atoms with Crippen LogP contribution in [0.3, 0.4) is 0 Å². The number of aryl methyl sites for hydroxylation is 1. The average molecular weight is 253 g/mol. The van der Waals surface area contributed by atoms with E-state index in [1.807, 2.05) is 6.92 Å². The van der Waals surface area contributed by atoms with Crippen LogP contribution in [-0.2, 0) is 6.54 Å². The van der Waals surface area contributed by atoms with Crippen LogP contribution >= 0.6 is 11.6 Å². The Morgan fingerprint density at radius 1 is 1.53 bits per heavy atom. The topological polar surface area (TPSA) is 77.0 Å². The summed E-state index contributed by atoms with van der Waals surface area (Å²) < 4.78 is 1.73. The highest BCUT2D eigenvalue weighted by atomic mass is 35.5. The third kappa shape index (κ3) is 2.40. The normalized spacial score (nSPS) is 12.6. The molecule has 2 rings (SSSR count). The summed E-state index contributed by atoms with van der Waals surface area (Å²) in [6.45, 7) is 2.72. The maximum absolute atomic E-state index is 10.2. The number of aliphatic hydroxyl groups excluding tert-OH is 1. The van der Waals surface area contributed by atoms with Crippen LogP contribution < -0.4 is 5.73 Å².